The van der Waals surface area contributed by atoms with Gasteiger partial charge in [0.25, 0.3) is 0 Å². The molecule has 1 N–H and O–H groups in total. The highest BCUT2D eigenvalue weighted by molar-refractivity contribution is 5.94. The van der Waals surface area contributed by atoms with Crippen LogP contribution in [0.15, 0.2) is 0 Å². The van der Waals surface area contributed by atoms with Gasteiger partial charge in [0.15, 0.2) is 0 Å². The van der Waals surface area contributed by atoms with Crippen molar-refractivity contribution >= 4 is 17.7 Å². The van der Waals surface area contributed by atoms with Crippen LogP contribution in [-0.4, -0.2) is 30.8 Å². The lowest BCUT2D eigenvalue weighted by atomic mass is 10.1. The van der Waals surface area contributed by atoms with E-state index in [0.29, 0.717) is 13.0 Å². The molecule has 0 spiro atoms. The summed E-state index contributed by atoms with van der Waals surface area (Å²) in [6, 6.07) is 0. The Morgan fingerprint density at radius 1 is 0.870 bits per heavy atom. The lowest BCUT2D eigenvalue weighted by Crippen LogP contribution is -2.28. The normalized spacial score (nSPS) is 10.3. The number of hydrogen-bond acceptors (Lipinski definition) is 4. The third-order valence-electron chi connectivity index (χ3n) is 3.59. The first-order valence-corrected chi connectivity index (χ1v) is 8.98. The Bertz CT molecular complexity index is 342. The molecular weight excluding hydrogens is 294 g/mol. The molecule has 23 heavy (non-hydrogen) atoms. The van der Waals surface area contributed by atoms with Crippen LogP contribution in [0.2, 0.25) is 0 Å². The van der Waals surface area contributed by atoms with E-state index in [9.17, 15) is 14.4 Å². The first-order valence-electron chi connectivity index (χ1n) is 8.98. The van der Waals surface area contributed by atoms with Crippen LogP contribution >= 0.6 is 0 Å². The summed E-state index contributed by atoms with van der Waals surface area (Å²) >= 11 is 0. The number of nitrogens with one attached hydrogen (secondary N) is 1. The Kier molecular flexibility index (Phi) is 14.6. The highest BCUT2D eigenvalue weighted by atomic mass is 16.5. The molecule has 0 heterocycles. The van der Waals surface area contributed by atoms with E-state index < -0.39 is 5.97 Å². The second kappa shape index (κ2) is 15.5. The smallest absolute Gasteiger partial charge is 0.313 e. The van der Waals surface area contributed by atoms with Gasteiger partial charge >= 0.3 is 5.97 Å². The molecule has 5 nitrogen and oxygen atoms in total. The van der Waals surface area contributed by atoms with Crippen molar-refractivity contribution in [3.05, 3.63) is 0 Å². The minimum Gasteiger partial charge on any atom is -0.463 e. The molecule has 1 amide bonds. The molecule has 0 radical (unpaired) electrons. The molecule has 0 saturated heterocycles. The SMILES string of the molecule is CCCCCCCCCCCC(=O)NCCOC(=O)CC(C)=O. The summed E-state index contributed by atoms with van der Waals surface area (Å²) in [6.07, 6.45) is 11.4. The van der Waals surface area contributed by atoms with E-state index in [1.54, 1.807) is 0 Å². The van der Waals surface area contributed by atoms with Gasteiger partial charge in [0.2, 0.25) is 5.91 Å². The molecule has 0 aliphatic rings. The first kappa shape index (κ1) is 21.6. The summed E-state index contributed by atoms with van der Waals surface area (Å²) in [4.78, 5) is 33.3. The van der Waals surface area contributed by atoms with E-state index in [-0.39, 0.29) is 24.7 Å². The fourth-order valence-electron chi connectivity index (χ4n) is 2.29. The number of rotatable bonds is 15. The Labute approximate surface area is 140 Å². The van der Waals surface area contributed by atoms with Gasteiger partial charge in [-0.2, -0.15) is 0 Å². The van der Waals surface area contributed by atoms with Crippen LogP contribution in [0.1, 0.15) is 84.5 Å². The van der Waals surface area contributed by atoms with Gasteiger partial charge in [0.05, 0.1) is 6.54 Å². The van der Waals surface area contributed by atoms with Crippen molar-refractivity contribution in [3.8, 4) is 0 Å². The highest BCUT2D eigenvalue weighted by Crippen LogP contribution is 2.10. The minimum absolute atomic E-state index is 0.00411. The van der Waals surface area contributed by atoms with Crippen molar-refractivity contribution < 1.29 is 19.1 Å². The molecular formula is C18H33NO4. The maximum absolute atomic E-state index is 11.6. The number of ketones is 1. The van der Waals surface area contributed by atoms with Crippen LogP contribution in [0.4, 0.5) is 0 Å². The molecule has 0 aromatic heterocycles. The lowest BCUT2D eigenvalue weighted by molar-refractivity contribution is -0.146. The predicted octanol–water partition coefficient (Wildman–Crippen LogP) is 3.55. The van der Waals surface area contributed by atoms with Crippen molar-refractivity contribution in [2.75, 3.05) is 13.2 Å². The number of ether oxygens (including phenoxy) is 1. The first-order chi connectivity index (χ1) is 11.1. The largest absolute Gasteiger partial charge is 0.463 e. The molecule has 0 aromatic rings. The number of unbranched alkanes of at least 4 members (excludes halogenated alkanes) is 8. The van der Waals surface area contributed by atoms with Gasteiger partial charge in [-0.3, -0.25) is 14.4 Å². The molecule has 0 unspecified atom stereocenters. The quantitative estimate of drug-likeness (QED) is 0.284. The maximum atomic E-state index is 11.6. The van der Waals surface area contributed by atoms with Crippen LogP contribution < -0.4 is 5.32 Å². The number of amides is 1. The second-order valence-electron chi connectivity index (χ2n) is 6.03. The van der Waals surface area contributed by atoms with E-state index in [2.05, 4.69) is 12.2 Å². The molecule has 0 aromatic carbocycles. The number of Topliss-reactive ketones (excluding diaryl/α,β-unsaturated/α-hetero) is 1. The Morgan fingerprint density at radius 2 is 1.43 bits per heavy atom. The molecule has 0 atom stereocenters. The molecule has 0 fully saturated rings. The van der Waals surface area contributed by atoms with Gasteiger partial charge in [-0.25, -0.2) is 0 Å². The molecule has 0 aliphatic carbocycles. The van der Waals surface area contributed by atoms with Crippen molar-refractivity contribution in [1.29, 1.82) is 0 Å². The zero-order chi connectivity index (χ0) is 17.3. The number of esters is 1. The Balaban J connectivity index is 3.31. The van der Waals surface area contributed by atoms with Crippen molar-refractivity contribution in [1.82, 2.24) is 5.32 Å². The summed E-state index contributed by atoms with van der Waals surface area (Å²) in [5.41, 5.74) is 0. The van der Waals surface area contributed by atoms with Gasteiger partial charge < -0.3 is 10.1 Å². The van der Waals surface area contributed by atoms with Crippen molar-refractivity contribution in [3.63, 3.8) is 0 Å². The molecule has 0 rings (SSSR count). The zero-order valence-corrected chi connectivity index (χ0v) is 14.8. The number of carbonyl (C=O) groups excluding carboxylic acids is 3. The molecule has 5 heteroatoms. The van der Waals surface area contributed by atoms with Crippen LogP contribution in [0.25, 0.3) is 0 Å². The maximum Gasteiger partial charge on any atom is 0.313 e. The highest BCUT2D eigenvalue weighted by Gasteiger charge is 2.06. The van der Waals surface area contributed by atoms with Gasteiger partial charge in [0.1, 0.15) is 18.8 Å². The van der Waals surface area contributed by atoms with Gasteiger partial charge in [-0.05, 0) is 13.3 Å². The summed E-state index contributed by atoms with van der Waals surface area (Å²) in [7, 11) is 0. The Morgan fingerprint density at radius 3 is 2.00 bits per heavy atom. The molecule has 0 aliphatic heterocycles. The minimum atomic E-state index is -0.536. The summed E-state index contributed by atoms with van der Waals surface area (Å²) in [5.74, 6) is -0.759. The summed E-state index contributed by atoms with van der Waals surface area (Å²) < 4.78 is 4.83. The van der Waals surface area contributed by atoms with E-state index in [1.165, 1.54) is 51.9 Å². The standard InChI is InChI=1S/C18H33NO4/c1-3-4-5-6-7-8-9-10-11-12-17(21)19-13-14-23-18(22)15-16(2)20/h3-15H2,1-2H3,(H,19,21). The zero-order valence-electron chi connectivity index (χ0n) is 14.8. The van der Waals surface area contributed by atoms with Crippen molar-refractivity contribution in [2.24, 2.45) is 0 Å². The number of hydrogen-bond donors (Lipinski definition) is 1. The lowest BCUT2D eigenvalue weighted by Gasteiger charge is -2.06. The number of carbonyl (C=O) groups is 3. The fraction of sp³-hybridized carbons (Fsp3) is 0.833. The summed E-state index contributed by atoms with van der Waals surface area (Å²) in [5, 5.41) is 2.72. The fourth-order valence-corrected chi connectivity index (χ4v) is 2.29. The Hall–Kier alpha value is -1.39. The van der Waals surface area contributed by atoms with Crippen LogP contribution in [0, 0.1) is 0 Å². The predicted molar refractivity (Wildman–Crippen MR) is 91.1 cm³/mol. The van der Waals surface area contributed by atoms with Gasteiger partial charge in [0, 0.05) is 6.42 Å². The average molecular weight is 327 g/mol. The van der Waals surface area contributed by atoms with Gasteiger partial charge in [-0.1, -0.05) is 58.3 Å². The van der Waals surface area contributed by atoms with Crippen LogP contribution in [-0.2, 0) is 19.1 Å². The van der Waals surface area contributed by atoms with Crippen LogP contribution in [0.3, 0.4) is 0 Å². The average Bonchev–Trinajstić information content (AvgIpc) is 2.49. The van der Waals surface area contributed by atoms with E-state index in [4.69, 9.17) is 4.74 Å². The van der Waals surface area contributed by atoms with E-state index >= 15 is 0 Å². The molecule has 0 bridgehead atoms. The monoisotopic (exact) mass is 327 g/mol. The van der Waals surface area contributed by atoms with E-state index in [1.807, 2.05) is 0 Å². The third kappa shape index (κ3) is 16.8. The molecule has 0 saturated carbocycles. The van der Waals surface area contributed by atoms with Crippen LogP contribution in [0.5, 0.6) is 0 Å². The second-order valence-corrected chi connectivity index (χ2v) is 6.03. The topological polar surface area (TPSA) is 72.5 Å². The van der Waals surface area contributed by atoms with Crippen molar-refractivity contribution in [2.45, 2.75) is 84.5 Å². The third-order valence-corrected chi connectivity index (χ3v) is 3.59. The van der Waals surface area contributed by atoms with Gasteiger partial charge in [-0.15, -0.1) is 0 Å². The molecule has 134 valence electrons. The summed E-state index contributed by atoms with van der Waals surface area (Å²) in [6.45, 7) is 3.99. The van der Waals surface area contributed by atoms with E-state index in [0.717, 1.165) is 12.8 Å².